The first-order chi connectivity index (χ1) is 9.10. The van der Waals surface area contributed by atoms with Crippen molar-refractivity contribution in [3.8, 4) is 0 Å². The van der Waals surface area contributed by atoms with Crippen molar-refractivity contribution in [2.24, 2.45) is 0 Å². The molecule has 4 nitrogen and oxygen atoms in total. The third-order valence-electron chi connectivity index (χ3n) is 4.44. The Kier molecular flexibility index (Phi) is 7.21. The zero-order valence-electron chi connectivity index (χ0n) is 13.1. The number of nitrogens with one attached hydrogen (secondary N) is 1. The van der Waals surface area contributed by atoms with Gasteiger partial charge in [0.1, 0.15) is 0 Å². The van der Waals surface area contributed by atoms with Crippen molar-refractivity contribution in [1.29, 1.82) is 0 Å². The lowest BCUT2D eigenvalue weighted by Crippen LogP contribution is -2.49. The second-order valence-electron chi connectivity index (χ2n) is 5.72. The molecule has 4 heteroatoms. The molecule has 0 aliphatic carbocycles. The smallest absolute Gasteiger partial charge is 0.317 e. The Morgan fingerprint density at radius 2 is 2.16 bits per heavy atom. The van der Waals surface area contributed by atoms with E-state index in [0.29, 0.717) is 12.1 Å². The van der Waals surface area contributed by atoms with Crippen molar-refractivity contribution in [3.63, 3.8) is 0 Å². The molecule has 2 atom stereocenters. The molecule has 0 aromatic heterocycles. The number of rotatable bonds is 6. The van der Waals surface area contributed by atoms with Gasteiger partial charge in [-0.05, 0) is 46.1 Å². The van der Waals surface area contributed by atoms with Gasteiger partial charge in [-0.15, -0.1) is 0 Å². The van der Waals surface area contributed by atoms with Crippen LogP contribution >= 0.6 is 0 Å². The number of nitrogens with zero attached hydrogens (tertiary/aromatic N) is 2. The average molecular weight is 269 g/mol. The third-order valence-corrected chi connectivity index (χ3v) is 4.44. The lowest BCUT2D eigenvalue weighted by molar-refractivity contribution is 0.147. The zero-order valence-corrected chi connectivity index (χ0v) is 13.1. The normalized spacial score (nSPS) is 21.5. The Bertz CT molecular complexity index is 270. The van der Waals surface area contributed by atoms with Gasteiger partial charge in [0.2, 0.25) is 0 Å². The Labute approximate surface area is 118 Å². The third kappa shape index (κ3) is 5.01. The maximum atomic E-state index is 12.2. The molecule has 0 aromatic rings. The maximum absolute atomic E-state index is 12.2. The molecule has 0 radical (unpaired) electrons. The fourth-order valence-corrected chi connectivity index (χ4v) is 2.67. The number of piperidine rings is 1. The van der Waals surface area contributed by atoms with Crippen LogP contribution in [-0.2, 0) is 0 Å². The lowest BCUT2D eigenvalue weighted by atomic mass is 10.0. The Morgan fingerprint density at radius 1 is 1.42 bits per heavy atom. The van der Waals surface area contributed by atoms with Crippen LogP contribution in [0, 0.1) is 0 Å². The van der Waals surface area contributed by atoms with Gasteiger partial charge in [0.05, 0.1) is 0 Å². The van der Waals surface area contributed by atoms with Crippen LogP contribution < -0.4 is 5.32 Å². The van der Waals surface area contributed by atoms with Gasteiger partial charge >= 0.3 is 6.03 Å². The van der Waals surface area contributed by atoms with E-state index in [4.69, 9.17) is 0 Å². The number of likely N-dealkylation sites (N-methyl/N-ethyl adjacent to an activating group) is 1. The van der Waals surface area contributed by atoms with E-state index in [1.165, 1.54) is 6.42 Å². The van der Waals surface area contributed by atoms with Crippen molar-refractivity contribution in [2.75, 3.05) is 26.7 Å². The van der Waals surface area contributed by atoms with E-state index in [1.54, 1.807) is 0 Å². The average Bonchev–Trinajstić information content (AvgIpc) is 2.45. The summed E-state index contributed by atoms with van der Waals surface area (Å²) < 4.78 is 0. The van der Waals surface area contributed by atoms with Crippen molar-refractivity contribution in [3.05, 3.63) is 0 Å². The SMILES string of the molecule is CCC(C)N(C)CCNC(=O)N1CCCCC1CC. The molecule has 1 aliphatic heterocycles. The molecular formula is C15H31N3O. The topological polar surface area (TPSA) is 35.6 Å². The standard InChI is InChI=1S/C15H31N3O/c1-5-13(3)17(4)12-10-16-15(19)18-11-8-7-9-14(18)6-2/h13-14H,5-12H2,1-4H3,(H,16,19). The summed E-state index contributed by atoms with van der Waals surface area (Å²) in [5.74, 6) is 0. The minimum atomic E-state index is 0.129. The predicted molar refractivity (Wildman–Crippen MR) is 80.4 cm³/mol. The molecule has 1 rings (SSSR count). The summed E-state index contributed by atoms with van der Waals surface area (Å²) in [7, 11) is 2.12. The minimum Gasteiger partial charge on any atom is -0.337 e. The highest BCUT2D eigenvalue weighted by Crippen LogP contribution is 2.19. The summed E-state index contributed by atoms with van der Waals surface area (Å²) in [5.41, 5.74) is 0. The zero-order chi connectivity index (χ0) is 14.3. The first-order valence-corrected chi connectivity index (χ1v) is 7.84. The van der Waals surface area contributed by atoms with Gasteiger partial charge in [-0.3, -0.25) is 0 Å². The summed E-state index contributed by atoms with van der Waals surface area (Å²) in [4.78, 5) is 16.5. The molecular weight excluding hydrogens is 238 g/mol. The fraction of sp³-hybridized carbons (Fsp3) is 0.933. The first-order valence-electron chi connectivity index (χ1n) is 7.84. The van der Waals surface area contributed by atoms with Crippen LogP contribution in [0.2, 0.25) is 0 Å². The molecule has 2 amide bonds. The first kappa shape index (κ1) is 16.3. The van der Waals surface area contributed by atoms with Crippen LogP contribution in [0.15, 0.2) is 0 Å². The van der Waals surface area contributed by atoms with E-state index in [9.17, 15) is 4.79 Å². The summed E-state index contributed by atoms with van der Waals surface area (Å²) in [5, 5.41) is 3.07. The molecule has 19 heavy (non-hydrogen) atoms. The molecule has 1 fully saturated rings. The van der Waals surface area contributed by atoms with Crippen molar-refractivity contribution in [2.45, 2.75) is 65.0 Å². The largest absolute Gasteiger partial charge is 0.337 e. The highest BCUT2D eigenvalue weighted by Gasteiger charge is 2.24. The van der Waals surface area contributed by atoms with Crippen LogP contribution in [0.25, 0.3) is 0 Å². The van der Waals surface area contributed by atoms with Gasteiger partial charge in [-0.25, -0.2) is 4.79 Å². The lowest BCUT2D eigenvalue weighted by Gasteiger charge is -2.35. The summed E-state index contributed by atoms with van der Waals surface area (Å²) in [6, 6.07) is 1.15. The highest BCUT2D eigenvalue weighted by atomic mass is 16.2. The summed E-state index contributed by atoms with van der Waals surface area (Å²) in [6.45, 7) is 9.18. The monoisotopic (exact) mass is 269 g/mol. The molecule has 2 unspecified atom stereocenters. The molecule has 1 N–H and O–H groups in total. The van der Waals surface area contributed by atoms with Gasteiger partial charge in [-0.1, -0.05) is 13.8 Å². The summed E-state index contributed by atoms with van der Waals surface area (Å²) >= 11 is 0. The molecule has 112 valence electrons. The van der Waals surface area contributed by atoms with Crippen LogP contribution in [0.3, 0.4) is 0 Å². The van der Waals surface area contributed by atoms with Gasteiger partial charge in [-0.2, -0.15) is 0 Å². The van der Waals surface area contributed by atoms with Crippen LogP contribution in [0.4, 0.5) is 4.79 Å². The van der Waals surface area contributed by atoms with E-state index in [-0.39, 0.29) is 6.03 Å². The van der Waals surface area contributed by atoms with Crippen molar-refractivity contribution in [1.82, 2.24) is 15.1 Å². The van der Waals surface area contributed by atoms with Crippen molar-refractivity contribution < 1.29 is 4.79 Å². The van der Waals surface area contributed by atoms with E-state index < -0.39 is 0 Å². The number of hydrogen-bond donors (Lipinski definition) is 1. The highest BCUT2D eigenvalue weighted by molar-refractivity contribution is 5.74. The molecule has 0 bridgehead atoms. The van der Waals surface area contributed by atoms with Crippen molar-refractivity contribution >= 4 is 6.03 Å². The van der Waals surface area contributed by atoms with E-state index in [0.717, 1.165) is 45.3 Å². The number of likely N-dealkylation sites (tertiary alicyclic amines) is 1. The van der Waals surface area contributed by atoms with Crippen LogP contribution in [-0.4, -0.2) is 54.6 Å². The van der Waals surface area contributed by atoms with E-state index in [1.807, 2.05) is 4.90 Å². The second-order valence-corrected chi connectivity index (χ2v) is 5.72. The van der Waals surface area contributed by atoms with Gasteiger partial charge in [0.15, 0.2) is 0 Å². The second kappa shape index (κ2) is 8.41. The number of urea groups is 1. The number of carbonyl (C=O) groups is 1. The molecule has 0 spiro atoms. The Morgan fingerprint density at radius 3 is 2.79 bits per heavy atom. The minimum absolute atomic E-state index is 0.129. The summed E-state index contributed by atoms with van der Waals surface area (Å²) in [6.07, 6.45) is 5.79. The van der Waals surface area contributed by atoms with E-state index >= 15 is 0 Å². The number of hydrogen-bond acceptors (Lipinski definition) is 2. The molecule has 0 aromatic carbocycles. The molecule has 0 saturated carbocycles. The fourth-order valence-electron chi connectivity index (χ4n) is 2.67. The molecule has 1 heterocycles. The Hall–Kier alpha value is -0.770. The van der Waals surface area contributed by atoms with Gasteiger partial charge in [0.25, 0.3) is 0 Å². The number of amides is 2. The maximum Gasteiger partial charge on any atom is 0.317 e. The number of carbonyl (C=O) groups excluding carboxylic acids is 1. The molecule has 1 saturated heterocycles. The quantitative estimate of drug-likeness (QED) is 0.804. The van der Waals surface area contributed by atoms with Gasteiger partial charge in [0, 0.05) is 31.7 Å². The van der Waals surface area contributed by atoms with Crippen LogP contribution in [0.1, 0.15) is 52.9 Å². The van der Waals surface area contributed by atoms with E-state index in [2.05, 4.69) is 38.0 Å². The molecule has 1 aliphatic rings. The van der Waals surface area contributed by atoms with Crippen LogP contribution in [0.5, 0.6) is 0 Å². The predicted octanol–water partition coefficient (Wildman–Crippen LogP) is 2.69. The Balaban J connectivity index is 2.30. The van der Waals surface area contributed by atoms with Gasteiger partial charge < -0.3 is 15.1 Å².